The van der Waals surface area contributed by atoms with Gasteiger partial charge in [-0.15, -0.1) is 11.3 Å². The molecule has 1 aliphatic rings. The fourth-order valence-electron chi connectivity index (χ4n) is 4.11. The molecule has 0 aliphatic carbocycles. The first-order chi connectivity index (χ1) is 17.7. The highest BCUT2D eigenvalue weighted by atomic mass is 35.5. The number of aliphatic hydroxyl groups excluding tert-OH is 3. The summed E-state index contributed by atoms with van der Waals surface area (Å²) in [6.07, 6.45) is -1.96. The average molecular weight is 551 g/mol. The fraction of sp³-hybridized carbons (Fsp3) is 0.462. The molecule has 9 nitrogen and oxygen atoms in total. The van der Waals surface area contributed by atoms with Crippen LogP contribution in [0.1, 0.15) is 42.5 Å². The van der Waals surface area contributed by atoms with Crippen LogP contribution in [0.4, 0.5) is 0 Å². The Hall–Kier alpha value is -2.31. The molecule has 0 saturated carbocycles. The lowest BCUT2D eigenvalue weighted by Gasteiger charge is -2.40. The maximum absolute atomic E-state index is 12.3. The number of ether oxygens (including phenoxy) is 2. The zero-order chi connectivity index (χ0) is 26.7. The van der Waals surface area contributed by atoms with Crippen LogP contribution >= 0.6 is 22.9 Å². The zero-order valence-electron chi connectivity index (χ0n) is 20.5. The van der Waals surface area contributed by atoms with Gasteiger partial charge >= 0.3 is 5.97 Å². The number of thiazole rings is 1. The van der Waals surface area contributed by atoms with Gasteiger partial charge in [0.15, 0.2) is 0 Å². The van der Waals surface area contributed by atoms with Crippen molar-refractivity contribution in [2.75, 3.05) is 6.61 Å². The predicted molar refractivity (Wildman–Crippen MR) is 138 cm³/mol. The minimum absolute atomic E-state index is 0.0784. The molecule has 0 amide bonds. The van der Waals surface area contributed by atoms with Crippen LogP contribution in [-0.2, 0) is 20.7 Å². The lowest BCUT2D eigenvalue weighted by Crippen LogP contribution is -2.56. The quantitative estimate of drug-likeness (QED) is 0.295. The minimum atomic E-state index is -1.51. The van der Waals surface area contributed by atoms with Crippen molar-refractivity contribution in [1.82, 2.24) is 4.98 Å². The first-order valence-electron chi connectivity index (χ1n) is 12.1. The molecule has 3 aromatic rings. The molecule has 5 N–H and O–H groups in total. The van der Waals surface area contributed by atoms with Crippen molar-refractivity contribution in [1.29, 1.82) is 0 Å². The molecule has 1 aromatic carbocycles. The van der Waals surface area contributed by atoms with Crippen molar-refractivity contribution in [2.24, 2.45) is 11.7 Å². The maximum Gasteiger partial charge on any atom is 0.323 e. The summed E-state index contributed by atoms with van der Waals surface area (Å²) in [6, 6.07) is 8.00. The summed E-state index contributed by atoms with van der Waals surface area (Å²) in [7, 11) is 0. The van der Waals surface area contributed by atoms with Crippen LogP contribution in [0.25, 0.3) is 10.6 Å². The number of esters is 1. The molecule has 200 valence electrons. The van der Waals surface area contributed by atoms with Gasteiger partial charge in [-0.05, 0) is 35.2 Å². The van der Waals surface area contributed by atoms with Crippen LogP contribution in [0.3, 0.4) is 0 Å². The molecule has 0 spiro atoms. The second-order valence-corrected chi connectivity index (χ2v) is 10.8. The Labute approximate surface area is 223 Å². The number of rotatable bonds is 9. The summed E-state index contributed by atoms with van der Waals surface area (Å²) in [5.41, 5.74) is 7.22. The Bertz CT molecular complexity index is 1190. The molecule has 1 fully saturated rings. The molecule has 2 unspecified atom stereocenters. The van der Waals surface area contributed by atoms with Gasteiger partial charge in [-0.2, -0.15) is 0 Å². The Morgan fingerprint density at radius 1 is 1.24 bits per heavy atom. The molecule has 1 saturated heterocycles. The number of nitrogens with two attached hydrogens (primary N) is 1. The van der Waals surface area contributed by atoms with E-state index in [1.165, 1.54) is 11.3 Å². The first kappa shape index (κ1) is 27.7. The number of hydrogen-bond donors (Lipinski definition) is 4. The van der Waals surface area contributed by atoms with Crippen molar-refractivity contribution < 1.29 is 34.0 Å². The Balaban J connectivity index is 1.49. The highest BCUT2D eigenvalue weighted by Gasteiger charge is 2.45. The minimum Gasteiger partial charge on any atom is -0.463 e. The number of halogens is 1. The van der Waals surface area contributed by atoms with E-state index in [1.54, 1.807) is 30.7 Å². The van der Waals surface area contributed by atoms with E-state index in [-0.39, 0.29) is 12.5 Å². The van der Waals surface area contributed by atoms with Gasteiger partial charge in [0.05, 0.1) is 16.1 Å². The molecule has 37 heavy (non-hydrogen) atoms. The van der Waals surface area contributed by atoms with Gasteiger partial charge in [-0.1, -0.05) is 44.0 Å². The number of aromatic nitrogens is 1. The molecular formula is C26H31ClN2O7S. The summed E-state index contributed by atoms with van der Waals surface area (Å²) < 4.78 is 16.6. The van der Waals surface area contributed by atoms with E-state index in [0.29, 0.717) is 23.4 Å². The van der Waals surface area contributed by atoms with Gasteiger partial charge < -0.3 is 34.9 Å². The lowest BCUT2D eigenvalue weighted by molar-refractivity contribution is -0.234. The van der Waals surface area contributed by atoms with Gasteiger partial charge in [0, 0.05) is 17.6 Å². The fourth-order valence-corrected chi connectivity index (χ4v) is 5.20. The third kappa shape index (κ3) is 6.23. The second-order valence-electron chi connectivity index (χ2n) is 9.23. The highest BCUT2D eigenvalue weighted by Crippen LogP contribution is 2.35. The largest absolute Gasteiger partial charge is 0.463 e. The molecule has 3 heterocycles. The van der Waals surface area contributed by atoms with Crippen LogP contribution in [-0.4, -0.2) is 63.3 Å². The SMILES string of the molecule is CCC(C)C(N)C(=O)OC[C@H]1O[C@@H](c2ccc(Cl)c(Cc3ncc(-c4ccco4)s3)c2)[C@H](O)[C@H](O)[C@H]1O. The van der Waals surface area contributed by atoms with E-state index in [9.17, 15) is 20.1 Å². The normalized spacial score (nSPS) is 25.5. The Kier molecular flexibility index (Phi) is 9.02. The average Bonchev–Trinajstić information content (AvgIpc) is 3.59. The Morgan fingerprint density at radius 2 is 2.03 bits per heavy atom. The highest BCUT2D eigenvalue weighted by molar-refractivity contribution is 7.15. The van der Waals surface area contributed by atoms with Gasteiger partial charge in [0.25, 0.3) is 0 Å². The van der Waals surface area contributed by atoms with Crippen molar-refractivity contribution in [3.63, 3.8) is 0 Å². The molecule has 0 radical (unpaired) electrons. The van der Waals surface area contributed by atoms with Crippen LogP contribution < -0.4 is 5.73 Å². The monoisotopic (exact) mass is 550 g/mol. The number of carbonyl (C=O) groups excluding carboxylic acids is 1. The standard InChI is InChI=1S/C26H31ClN2O7S/c1-3-13(2)21(28)26(33)35-12-18-22(30)23(31)24(32)25(36-18)14-6-7-16(27)15(9-14)10-20-29-11-19(37-20)17-5-4-8-34-17/h4-9,11,13,18,21-25,30-32H,3,10,12,28H2,1-2H3/t13?,18-,21?,22+,23-,24-,25+/m1/s1. The topological polar surface area (TPSA) is 148 Å². The summed E-state index contributed by atoms with van der Waals surface area (Å²) in [5.74, 6) is 0.0329. The van der Waals surface area contributed by atoms with Crippen LogP contribution in [0.5, 0.6) is 0 Å². The van der Waals surface area contributed by atoms with E-state index in [0.717, 1.165) is 21.2 Å². The maximum atomic E-state index is 12.3. The summed E-state index contributed by atoms with van der Waals surface area (Å²) in [6.45, 7) is 3.44. The number of furan rings is 1. The van der Waals surface area contributed by atoms with Gasteiger partial charge in [0.1, 0.15) is 48.9 Å². The van der Waals surface area contributed by atoms with E-state index in [2.05, 4.69) is 4.98 Å². The molecule has 11 heteroatoms. The summed E-state index contributed by atoms with van der Waals surface area (Å²) in [4.78, 5) is 17.7. The molecule has 4 rings (SSSR count). The number of nitrogens with zero attached hydrogens (tertiary/aromatic N) is 1. The zero-order valence-corrected chi connectivity index (χ0v) is 22.1. The smallest absolute Gasteiger partial charge is 0.323 e. The van der Waals surface area contributed by atoms with Gasteiger partial charge in [-0.3, -0.25) is 4.79 Å². The van der Waals surface area contributed by atoms with E-state index in [4.69, 9.17) is 31.2 Å². The van der Waals surface area contributed by atoms with E-state index >= 15 is 0 Å². The van der Waals surface area contributed by atoms with Crippen molar-refractivity contribution in [2.45, 2.75) is 63.3 Å². The van der Waals surface area contributed by atoms with Crippen molar-refractivity contribution in [3.8, 4) is 10.6 Å². The van der Waals surface area contributed by atoms with Crippen LogP contribution in [0, 0.1) is 5.92 Å². The third-order valence-corrected chi connectivity index (χ3v) is 8.07. The molecule has 2 aromatic heterocycles. The molecule has 1 aliphatic heterocycles. The van der Waals surface area contributed by atoms with Crippen LogP contribution in [0.2, 0.25) is 5.02 Å². The van der Waals surface area contributed by atoms with E-state index in [1.807, 2.05) is 26.0 Å². The number of benzene rings is 1. The van der Waals surface area contributed by atoms with Gasteiger partial charge in [0.2, 0.25) is 0 Å². The molecule has 0 bridgehead atoms. The summed E-state index contributed by atoms with van der Waals surface area (Å²) >= 11 is 7.93. The van der Waals surface area contributed by atoms with Crippen molar-refractivity contribution in [3.05, 3.63) is 63.9 Å². The number of aliphatic hydroxyl groups is 3. The predicted octanol–water partition coefficient (Wildman–Crippen LogP) is 3.09. The van der Waals surface area contributed by atoms with Gasteiger partial charge in [-0.25, -0.2) is 4.98 Å². The van der Waals surface area contributed by atoms with E-state index < -0.39 is 42.5 Å². The molecule has 7 atom stereocenters. The number of hydrogen-bond acceptors (Lipinski definition) is 10. The third-order valence-electron chi connectivity index (χ3n) is 6.69. The van der Waals surface area contributed by atoms with Crippen molar-refractivity contribution >= 4 is 28.9 Å². The first-order valence-corrected chi connectivity index (χ1v) is 13.3. The Morgan fingerprint density at radius 3 is 2.73 bits per heavy atom. The lowest BCUT2D eigenvalue weighted by atomic mass is 9.90. The van der Waals surface area contributed by atoms with Crippen LogP contribution in [0.15, 0.2) is 47.2 Å². The molecular weight excluding hydrogens is 520 g/mol. The number of carbonyl (C=O) groups is 1. The second kappa shape index (κ2) is 12.0. The summed E-state index contributed by atoms with van der Waals surface area (Å²) in [5, 5.41) is 33.0.